The van der Waals surface area contributed by atoms with Gasteiger partial charge in [-0.2, -0.15) is 5.10 Å². The molecule has 184 valence electrons. The molecule has 2 amide bonds. The molecule has 2 aromatic heterocycles. The van der Waals surface area contributed by atoms with E-state index in [1.807, 2.05) is 57.3 Å². The summed E-state index contributed by atoms with van der Waals surface area (Å²) < 4.78 is 1.75. The van der Waals surface area contributed by atoms with Crippen LogP contribution in [0.1, 0.15) is 50.5 Å². The number of carbonyl (C=O) groups is 2. The van der Waals surface area contributed by atoms with Gasteiger partial charge in [-0.1, -0.05) is 24.3 Å². The number of fused-ring (bicyclic) bond motifs is 1. The summed E-state index contributed by atoms with van der Waals surface area (Å²) in [5.41, 5.74) is 11.9. The first-order valence-electron chi connectivity index (χ1n) is 12.1. The van der Waals surface area contributed by atoms with Crippen LogP contribution >= 0.6 is 0 Å². The molecule has 0 bridgehead atoms. The van der Waals surface area contributed by atoms with E-state index in [1.165, 1.54) is 0 Å². The molecule has 1 saturated heterocycles. The molecule has 8 nitrogen and oxygen atoms in total. The molecule has 1 aliphatic heterocycles. The number of hydrogen-bond donors (Lipinski definition) is 2. The molecule has 1 fully saturated rings. The van der Waals surface area contributed by atoms with Gasteiger partial charge in [-0.25, -0.2) is 4.98 Å². The third-order valence-corrected chi connectivity index (χ3v) is 7.19. The molecule has 0 saturated carbocycles. The van der Waals surface area contributed by atoms with E-state index in [1.54, 1.807) is 28.2 Å². The van der Waals surface area contributed by atoms with Crippen LogP contribution in [0.4, 0.5) is 5.82 Å². The molecule has 3 heterocycles. The molecule has 36 heavy (non-hydrogen) atoms. The lowest BCUT2D eigenvalue weighted by Crippen LogP contribution is -2.23. The average Bonchev–Trinajstić information content (AvgIpc) is 3.47. The van der Waals surface area contributed by atoms with Crippen LogP contribution in [0.25, 0.3) is 10.8 Å². The van der Waals surface area contributed by atoms with Crippen LogP contribution in [-0.2, 0) is 17.9 Å². The predicted molar refractivity (Wildman–Crippen MR) is 140 cm³/mol. The topological polar surface area (TPSA) is 106 Å². The van der Waals surface area contributed by atoms with Crippen LogP contribution in [0.2, 0.25) is 0 Å². The number of nitrogens with two attached hydrogens (primary N) is 1. The van der Waals surface area contributed by atoms with Gasteiger partial charge < -0.3 is 16.0 Å². The Morgan fingerprint density at radius 1 is 1.17 bits per heavy atom. The number of anilines is 1. The molecule has 1 atom stereocenters. The molecule has 8 heteroatoms. The minimum absolute atomic E-state index is 0.0482. The molecule has 1 aliphatic rings. The summed E-state index contributed by atoms with van der Waals surface area (Å²) in [7, 11) is 1.85. The van der Waals surface area contributed by atoms with Crippen molar-refractivity contribution >= 4 is 28.4 Å². The first-order chi connectivity index (χ1) is 17.3. The van der Waals surface area contributed by atoms with Crippen molar-refractivity contribution in [1.82, 2.24) is 25.0 Å². The van der Waals surface area contributed by atoms with E-state index in [2.05, 4.69) is 15.4 Å². The lowest BCUT2D eigenvalue weighted by molar-refractivity contribution is -0.127. The number of aryl methyl sites for hydroxylation is 2. The number of nitrogen functional groups attached to an aromatic ring is 1. The monoisotopic (exact) mass is 482 g/mol. The van der Waals surface area contributed by atoms with Crippen molar-refractivity contribution < 1.29 is 9.59 Å². The van der Waals surface area contributed by atoms with E-state index in [-0.39, 0.29) is 17.7 Å². The Morgan fingerprint density at radius 2 is 1.94 bits per heavy atom. The van der Waals surface area contributed by atoms with E-state index in [0.717, 1.165) is 51.6 Å². The maximum atomic E-state index is 12.8. The summed E-state index contributed by atoms with van der Waals surface area (Å²) in [6, 6.07) is 12.1. The van der Waals surface area contributed by atoms with Crippen LogP contribution < -0.4 is 11.1 Å². The number of nitrogens with one attached hydrogen (secondary N) is 1. The molecule has 4 aromatic rings. The first-order valence-corrected chi connectivity index (χ1v) is 12.1. The highest BCUT2D eigenvalue weighted by Gasteiger charge is 2.30. The molecule has 0 spiro atoms. The molecule has 0 aliphatic carbocycles. The van der Waals surface area contributed by atoms with Gasteiger partial charge in [-0.05, 0) is 65.6 Å². The molecule has 2 aromatic carbocycles. The van der Waals surface area contributed by atoms with Crippen LogP contribution in [0.5, 0.6) is 0 Å². The Balaban J connectivity index is 1.23. The van der Waals surface area contributed by atoms with Crippen LogP contribution in [0.3, 0.4) is 0 Å². The van der Waals surface area contributed by atoms with Crippen molar-refractivity contribution in [3.8, 4) is 0 Å². The number of likely N-dealkylation sites (tertiary alicyclic amines) is 1. The molecular formula is C28H30N6O2. The van der Waals surface area contributed by atoms with Crippen molar-refractivity contribution in [1.29, 1.82) is 0 Å². The van der Waals surface area contributed by atoms with E-state index in [4.69, 9.17) is 5.73 Å². The molecule has 0 radical (unpaired) electrons. The Morgan fingerprint density at radius 3 is 2.67 bits per heavy atom. The summed E-state index contributed by atoms with van der Waals surface area (Å²) in [6.07, 6.45) is 5.90. The Hall–Kier alpha value is -4.20. The Kier molecular flexibility index (Phi) is 6.18. The summed E-state index contributed by atoms with van der Waals surface area (Å²) in [5, 5.41) is 9.37. The maximum Gasteiger partial charge on any atom is 0.254 e. The Bertz CT molecular complexity index is 1460. The number of amides is 2. The van der Waals surface area contributed by atoms with Gasteiger partial charge in [0, 0.05) is 37.9 Å². The number of pyridine rings is 1. The highest BCUT2D eigenvalue weighted by molar-refractivity contribution is 5.95. The third kappa shape index (κ3) is 4.42. The van der Waals surface area contributed by atoms with Crippen LogP contribution in [0, 0.1) is 13.8 Å². The number of nitrogens with zero attached hydrogens (tertiary/aromatic N) is 4. The summed E-state index contributed by atoms with van der Waals surface area (Å²) in [6.45, 7) is 5.82. The fourth-order valence-corrected chi connectivity index (χ4v) is 5.01. The quantitative estimate of drug-likeness (QED) is 0.437. The van der Waals surface area contributed by atoms with E-state index < -0.39 is 0 Å². The molecule has 1 unspecified atom stereocenters. The fraction of sp³-hybridized carbons (Fsp3) is 0.286. The minimum Gasteiger partial charge on any atom is -0.383 e. The second-order valence-electron chi connectivity index (χ2n) is 9.54. The number of carbonyl (C=O) groups excluding carboxylic acids is 2. The van der Waals surface area contributed by atoms with Crippen molar-refractivity contribution in [2.24, 2.45) is 0 Å². The van der Waals surface area contributed by atoms with Crippen LogP contribution in [0.15, 0.2) is 55.0 Å². The second-order valence-corrected chi connectivity index (χ2v) is 9.54. The summed E-state index contributed by atoms with van der Waals surface area (Å²) in [5.74, 6) is 0.471. The van der Waals surface area contributed by atoms with Crippen molar-refractivity contribution in [3.05, 3.63) is 88.4 Å². The number of aromatic nitrogens is 3. The van der Waals surface area contributed by atoms with Crippen LogP contribution in [-0.4, -0.2) is 45.1 Å². The van der Waals surface area contributed by atoms with Crippen molar-refractivity contribution in [2.75, 3.05) is 19.3 Å². The first kappa shape index (κ1) is 23.5. The lowest BCUT2D eigenvalue weighted by atomic mass is 9.96. The third-order valence-electron chi connectivity index (χ3n) is 7.19. The van der Waals surface area contributed by atoms with Gasteiger partial charge in [0.05, 0.1) is 24.2 Å². The SMILES string of the molecule is Cc1cc2c(N)nccc2c(C)c1CNC(=O)c1cnn(Cc2ccc(C3CCN(C)C3=O)cc2)c1. The van der Waals surface area contributed by atoms with Gasteiger partial charge in [0.1, 0.15) is 5.82 Å². The summed E-state index contributed by atoms with van der Waals surface area (Å²) >= 11 is 0. The van der Waals surface area contributed by atoms with Gasteiger partial charge in [-0.3, -0.25) is 14.3 Å². The van der Waals surface area contributed by atoms with E-state index in [0.29, 0.717) is 24.5 Å². The zero-order valence-corrected chi connectivity index (χ0v) is 20.8. The van der Waals surface area contributed by atoms with Gasteiger partial charge in [-0.15, -0.1) is 0 Å². The number of benzene rings is 2. The van der Waals surface area contributed by atoms with Gasteiger partial charge in [0.25, 0.3) is 5.91 Å². The fourth-order valence-electron chi connectivity index (χ4n) is 5.01. The van der Waals surface area contributed by atoms with E-state index in [9.17, 15) is 9.59 Å². The van der Waals surface area contributed by atoms with Crippen molar-refractivity contribution in [2.45, 2.75) is 39.3 Å². The summed E-state index contributed by atoms with van der Waals surface area (Å²) in [4.78, 5) is 31.1. The maximum absolute atomic E-state index is 12.8. The smallest absolute Gasteiger partial charge is 0.254 e. The average molecular weight is 483 g/mol. The van der Waals surface area contributed by atoms with E-state index >= 15 is 0 Å². The predicted octanol–water partition coefficient (Wildman–Crippen LogP) is 3.55. The van der Waals surface area contributed by atoms with Crippen molar-refractivity contribution in [3.63, 3.8) is 0 Å². The number of rotatable bonds is 6. The van der Waals surface area contributed by atoms with Gasteiger partial charge in [0.2, 0.25) is 5.91 Å². The Labute approximate surface area is 210 Å². The largest absolute Gasteiger partial charge is 0.383 e. The molecule has 5 rings (SSSR count). The van der Waals surface area contributed by atoms with Gasteiger partial charge >= 0.3 is 0 Å². The standard InChI is InChI=1S/C28H30N6O2/c1-17-12-24-22(8-10-30-26(24)29)18(2)25(17)14-31-27(35)21-13-32-34(16-21)15-19-4-6-20(7-5-19)23-9-11-33(3)28(23)36/h4-8,10,12-13,16,23H,9,11,14-15H2,1-3H3,(H2,29,30)(H,31,35). The highest BCUT2D eigenvalue weighted by Crippen LogP contribution is 2.29. The normalized spacial score (nSPS) is 15.6. The zero-order chi connectivity index (χ0) is 25.4. The molecule has 3 N–H and O–H groups in total. The zero-order valence-electron chi connectivity index (χ0n) is 20.8. The number of hydrogen-bond acceptors (Lipinski definition) is 5. The highest BCUT2D eigenvalue weighted by atomic mass is 16.2. The lowest BCUT2D eigenvalue weighted by Gasteiger charge is -2.14. The van der Waals surface area contributed by atoms with Gasteiger partial charge in [0.15, 0.2) is 0 Å². The minimum atomic E-state index is -0.173. The second kappa shape index (κ2) is 9.45. The molecular weight excluding hydrogens is 452 g/mol. The number of likely N-dealkylation sites (N-methyl/N-ethyl adjacent to an activating group) is 1.